The van der Waals surface area contributed by atoms with Gasteiger partial charge in [0.25, 0.3) is 0 Å². The van der Waals surface area contributed by atoms with Gasteiger partial charge >= 0.3 is 0 Å². The normalized spacial score (nSPS) is 12.6. The third-order valence-corrected chi connectivity index (χ3v) is 3.35. The molecule has 2 aromatic heterocycles. The van der Waals surface area contributed by atoms with E-state index in [1.807, 2.05) is 24.5 Å². The van der Waals surface area contributed by atoms with Crippen molar-refractivity contribution in [2.24, 2.45) is 0 Å². The van der Waals surface area contributed by atoms with Crippen molar-refractivity contribution < 1.29 is 0 Å². The van der Waals surface area contributed by atoms with E-state index in [1.54, 1.807) is 0 Å². The van der Waals surface area contributed by atoms with Crippen LogP contribution >= 0.6 is 27.7 Å². The molecule has 6 heteroatoms. The summed E-state index contributed by atoms with van der Waals surface area (Å²) in [6.07, 6.45) is 4.46. The molecule has 0 bridgehead atoms. The first-order chi connectivity index (χ1) is 8.29. The van der Waals surface area contributed by atoms with E-state index in [0.717, 1.165) is 28.8 Å². The highest BCUT2D eigenvalue weighted by molar-refractivity contribution is 9.10. The maximum Gasteiger partial charge on any atom is 0.0916 e. The van der Waals surface area contributed by atoms with Gasteiger partial charge in [-0.05, 0) is 34.6 Å². The van der Waals surface area contributed by atoms with Crippen LogP contribution in [0.5, 0.6) is 0 Å². The number of aromatic nitrogens is 3. The predicted molar refractivity (Wildman–Crippen MR) is 72.0 cm³/mol. The van der Waals surface area contributed by atoms with Crippen molar-refractivity contribution in [3.63, 3.8) is 0 Å². The molecule has 0 aliphatic heterocycles. The van der Waals surface area contributed by atoms with Crippen molar-refractivity contribution in [2.75, 3.05) is 6.54 Å². The Hall–Kier alpha value is -0.850. The minimum absolute atomic E-state index is 0.187. The number of rotatable bonds is 5. The van der Waals surface area contributed by atoms with Crippen molar-refractivity contribution >= 4 is 27.7 Å². The molecule has 0 amide bonds. The monoisotopic (exact) mass is 312 g/mol. The van der Waals surface area contributed by atoms with E-state index in [1.165, 1.54) is 11.7 Å². The number of hydrogen-bond acceptors (Lipinski definition) is 5. The summed E-state index contributed by atoms with van der Waals surface area (Å²) in [5, 5.41) is 3.40. The Morgan fingerprint density at radius 1 is 1.41 bits per heavy atom. The van der Waals surface area contributed by atoms with Crippen LogP contribution in [-0.2, 0) is 6.42 Å². The van der Waals surface area contributed by atoms with Gasteiger partial charge < -0.3 is 5.32 Å². The Labute approximate surface area is 113 Å². The van der Waals surface area contributed by atoms with Crippen LogP contribution < -0.4 is 5.32 Å². The summed E-state index contributed by atoms with van der Waals surface area (Å²) in [5.41, 5.74) is 2.04. The van der Waals surface area contributed by atoms with Gasteiger partial charge in [0.2, 0.25) is 0 Å². The van der Waals surface area contributed by atoms with E-state index in [-0.39, 0.29) is 6.04 Å². The smallest absolute Gasteiger partial charge is 0.0916 e. The molecule has 4 nitrogen and oxygen atoms in total. The van der Waals surface area contributed by atoms with E-state index in [2.05, 4.69) is 41.9 Å². The Kier molecular flexibility index (Phi) is 4.58. The van der Waals surface area contributed by atoms with Crippen LogP contribution in [0.4, 0.5) is 0 Å². The summed E-state index contributed by atoms with van der Waals surface area (Å²) in [7, 11) is 0. The van der Waals surface area contributed by atoms with E-state index in [9.17, 15) is 0 Å². The summed E-state index contributed by atoms with van der Waals surface area (Å²) < 4.78 is 9.32. The fraction of sp³-hybridized carbons (Fsp3) is 0.364. The lowest BCUT2D eigenvalue weighted by Crippen LogP contribution is -2.23. The molecule has 0 spiro atoms. The Morgan fingerprint density at radius 2 is 2.29 bits per heavy atom. The molecule has 1 N–H and O–H groups in total. The molecule has 1 unspecified atom stereocenters. The van der Waals surface area contributed by atoms with Crippen molar-refractivity contribution in [1.82, 2.24) is 19.0 Å². The number of nitrogens with one attached hydrogen (secondary N) is 1. The molecule has 2 aromatic rings. The fourth-order valence-electron chi connectivity index (χ4n) is 1.59. The van der Waals surface area contributed by atoms with Crippen LogP contribution in [-0.4, -0.2) is 20.3 Å². The van der Waals surface area contributed by atoms with Crippen LogP contribution in [0, 0.1) is 0 Å². The summed E-state index contributed by atoms with van der Waals surface area (Å²) >= 11 is 4.62. The fourth-order valence-corrected chi connectivity index (χ4v) is 2.29. The maximum absolute atomic E-state index is 4.38. The average Bonchev–Trinajstić information content (AvgIpc) is 2.85. The molecular weight excluding hydrogens is 300 g/mol. The molecule has 2 heterocycles. The van der Waals surface area contributed by atoms with Gasteiger partial charge in [0, 0.05) is 22.8 Å². The third kappa shape index (κ3) is 3.55. The van der Waals surface area contributed by atoms with Crippen LogP contribution in [0.15, 0.2) is 29.0 Å². The summed E-state index contributed by atoms with van der Waals surface area (Å²) in [6.45, 7) is 2.99. The molecule has 0 saturated heterocycles. The molecule has 0 aliphatic carbocycles. The maximum atomic E-state index is 4.38. The minimum Gasteiger partial charge on any atom is -0.309 e. The summed E-state index contributed by atoms with van der Waals surface area (Å²) in [4.78, 5) is 4.38. The zero-order valence-electron chi connectivity index (χ0n) is 9.43. The molecule has 0 radical (unpaired) electrons. The lowest BCUT2D eigenvalue weighted by atomic mass is 10.1. The zero-order chi connectivity index (χ0) is 12.1. The van der Waals surface area contributed by atoms with E-state index in [4.69, 9.17) is 0 Å². The Bertz CT molecular complexity index is 443. The molecule has 0 aromatic carbocycles. The SMILES string of the molecule is CCNC(Cc1ccc(Br)cn1)c1cnsn1. The standard InChI is InChI=1S/C11H13BrN4S/c1-2-13-10(11-7-15-17-16-11)5-9-4-3-8(12)6-14-9/h3-4,6-7,10,13H,2,5H2,1H3. The van der Waals surface area contributed by atoms with Crippen molar-refractivity contribution in [3.8, 4) is 0 Å². The van der Waals surface area contributed by atoms with Crippen molar-refractivity contribution in [2.45, 2.75) is 19.4 Å². The van der Waals surface area contributed by atoms with Gasteiger partial charge in [-0.3, -0.25) is 4.98 Å². The molecule has 90 valence electrons. The van der Waals surface area contributed by atoms with Crippen LogP contribution in [0.1, 0.15) is 24.4 Å². The molecule has 0 aliphatic rings. The molecule has 0 fully saturated rings. The second-order valence-electron chi connectivity index (χ2n) is 3.61. The van der Waals surface area contributed by atoms with Gasteiger partial charge in [-0.15, -0.1) is 0 Å². The second kappa shape index (κ2) is 6.18. The van der Waals surface area contributed by atoms with Gasteiger partial charge in [0.1, 0.15) is 0 Å². The van der Waals surface area contributed by atoms with Gasteiger partial charge in [-0.25, -0.2) is 0 Å². The highest BCUT2D eigenvalue weighted by Crippen LogP contribution is 2.17. The Morgan fingerprint density at radius 3 is 2.88 bits per heavy atom. The number of pyridine rings is 1. The molecule has 1 atom stereocenters. The quantitative estimate of drug-likeness (QED) is 0.922. The van der Waals surface area contributed by atoms with Crippen molar-refractivity contribution in [3.05, 3.63) is 40.4 Å². The topological polar surface area (TPSA) is 50.7 Å². The van der Waals surface area contributed by atoms with Crippen molar-refractivity contribution in [1.29, 1.82) is 0 Å². The molecule has 17 heavy (non-hydrogen) atoms. The number of likely N-dealkylation sites (N-methyl/N-ethyl adjacent to an activating group) is 1. The van der Waals surface area contributed by atoms with Crippen LogP contribution in [0.2, 0.25) is 0 Å². The van der Waals surface area contributed by atoms with Gasteiger partial charge in [0.15, 0.2) is 0 Å². The second-order valence-corrected chi connectivity index (χ2v) is 5.09. The largest absolute Gasteiger partial charge is 0.309 e. The third-order valence-electron chi connectivity index (χ3n) is 2.39. The number of hydrogen-bond donors (Lipinski definition) is 1. The van der Waals surface area contributed by atoms with Gasteiger partial charge in [-0.2, -0.15) is 8.75 Å². The van der Waals surface area contributed by atoms with E-state index >= 15 is 0 Å². The number of nitrogens with zero attached hydrogens (tertiary/aromatic N) is 3. The summed E-state index contributed by atoms with van der Waals surface area (Å²) in [5.74, 6) is 0. The van der Waals surface area contributed by atoms with E-state index < -0.39 is 0 Å². The average molecular weight is 313 g/mol. The van der Waals surface area contributed by atoms with Gasteiger partial charge in [-0.1, -0.05) is 6.92 Å². The lowest BCUT2D eigenvalue weighted by Gasteiger charge is -2.14. The van der Waals surface area contributed by atoms with E-state index in [0.29, 0.717) is 0 Å². The minimum atomic E-state index is 0.187. The van der Waals surface area contributed by atoms with Gasteiger partial charge in [0.05, 0.1) is 29.7 Å². The summed E-state index contributed by atoms with van der Waals surface area (Å²) in [6, 6.07) is 4.21. The molecule has 2 rings (SSSR count). The first-order valence-electron chi connectivity index (χ1n) is 5.41. The highest BCUT2D eigenvalue weighted by atomic mass is 79.9. The highest BCUT2D eigenvalue weighted by Gasteiger charge is 2.14. The first-order valence-corrected chi connectivity index (χ1v) is 6.93. The Balaban J connectivity index is 2.10. The van der Waals surface area contributed by atoms with Crippen LogP contribution in [0.3, 0.4) is 0 Å². The molecular formula is C11H13BrN4S. The predicted octanol–water partition coefficient (Wildman–Crippen LogP) is 2.59. The zero-order valence-corrected chi connectivity index (χ0v) is 11.8. The van der Waals surface area contributed by atoms with Crippen LogP contribution in [0.25, 0.3) is 0 Å². The lowest BCUT2D eigenvalue weighted by molar-refractivity contribution is 0.534. The molecule has 0 saturated carbocycles. The first kappa shape index (κ1) is 12.6. The number of halogens is 1.